The lowest BCUT2D eigenvalue weighted by Crippen LogP contribution is -2.56. The van der Waals surface area contributed by atoms with Crippen LogP contribution in [0.1, 0.15) is 33.1 Å². The summed E-state index contributed by atoms with van der Waals surface area (Å²) in [5, 5.41) is 8.98. The molecule has 0 aromatic rings. The van der Waals surface area contributed by atoms with Gasteiger partial charge in [-0.2, -0.15) is 0 Å². The average Bonchev–Trinajstić information content (AvgIpc) is 2.77. The number of ether oxygens (including phenoxy) is 1. The first-order chi connectivity index (χ1) is 8.42. The number of rotatable bonds is 2. The molecule has 1 aliphatic heterocycles. The van der Waals surface area contributed by atoms with E-state index in [4.69, 9.17) is 9.84 Å². The lowest BCUT2D eigenvalue weighted by atomic mass is 9.97. The van der Waals surface area contributed by atoms with Crippen molar-refractivity contribution in [3.8, 4) is 0 Å². The summed E-state index contributed by atoms with van der Waals surface area (Å²) < 4.78 is 5.40. The molecule has 1 aliphatic carbocycles. The topological polar surface area (TPSA) is 66.8 Å². The zero-order valence-corrected chi connectivity index (χ0v) is 11.0. The van der Waals surface area contributed by atoms with Crippen molar-refractivity contribution in [2.75, 3.05) is 19.8 Å². The van der Waals surface area contributed by atoms with Crippen molar-refractivity contribution >= 4 is 11.9 Å². The molecule has 18 heavy (non-hydrogen) atoms. The van der Waals surface area contributed by atoms with Gasteiger partial charge in [0.05, 0.1) is 24.7 Å². The van der Waals surface area contributed by atoms with Crippen LogP contribution in [-0.2, 0) is 14.3 Å². The molecule has 0 bridgehead atoms. The number of aliphatic carboxylic acids is 1. The largest absolute Gasteiger partial charge is 0.481 e. The molecule has 2 fully saturated rings. The molecule has 1 saturated heterocycles. The van der Waals surface area contributed by atoms with Crippen LogP contribution < -0.4 is 0 Å². The van der Waals surface area contributed by atoms with Crippen molar-refractivity contribution < 1.29 is 19.4 Å². The molecule has 0 aromatic heterocycles. The highest BCUT2D eigenvalue weighted by atomic mass is 16.5. The zero-order valence-electron chi connectivity index (χ0n) is 11.0. The molecule has 102 valence electrons. The highest BCUT2D eigenvalue weighted by molar-refractivity contribution is 5.81. The zero-order chi connectivity index (χ0) is 13.3. The Kier molecular flexibility index (Phi) is 3.61. The molecule has 0 spiro atoms. The number of hydrogen-bond acceptors (Lipinski definition) is 3. The Morgan fingerprint density at radius 2 is 1.94 bits per heavy atom. The number of hydrogen-bond donors (Lipinski definition) is 1. The average molecular weight is 255 g/mol. The number of carbonyl (C=O) groups excluding carboxylic acids is 1. The first-order valence-electron chi connectivity index (χ1n) is 6.54. The lowest BCUT2D eigenvalue weighted by molar-refractivity contribution is -0.150. The Hall–Kier alpha value is -1.10. The molecule has 1 N–H and O–H groups in total. The summed E-state index contributed by atoms with van der Waals surface area (Å²) in [5.41, 5.74) is -0.281. The number of morpholine rings is 1. The summed E-state index contributed by atoms with van der Waals surface area (Å²) in [7, 11) is 0. The third-order valence-electron chi connectivity index (χ3n) is 4.04. The van der Waals surface area contributed by atoms with E-state index in [9.17, 15) is 9.59 Å². The van der Waals surface area contributed by atoms with Gasteiger partial charge in [-0.3, -0.25) is 9.59 Å². The first-order valence-corrected chi connectivity index (χ1v) is 6.54. The Balaban J connectivity index is 2.01. The number of carboxylic acid groups (broad SMARTS) is 1. The van der Waals surface area contributed by atoms with Crippen molar-refractivity contribution in [2.45, 2.75) is 38.6 Å². The Morgan fingerprint density at radius 1 is 1.28 bits per heavy atom. The highest BCUT2D eigenvalue weighted by Gasteiger charge is 2.41. The van der Waals surface area contributed by atoms with Crippen LogP contribution in [0.4, 0.5) is 0 Å². The summed E-state index contributed by atoms with van der Waals surface area (Å²) in [4.78, 5) is 25.3. The Labute approximate surface area is 107 Å². The van der Waals surface area contributed by atoms with Crippen molar-refractivity contribution in [3.05, 3.63) is 0 Å². The van der Waals surface area contributed by atoms with E-state index >= 15 is 0 Å². The summed E-state index contributed by atoms with van der Waals surface area (Å²) in [6, 6.07) is 0. The van der Waals surface area contributed by atoms with Gasteiger partial charge >= 0.3 is 5.97 Å². The number of carboxylic acids is 1. The maximum Gasteiger partial charge on any atom is 0.306 e. The molecular weight excluding hydrogens is 234 g/mol. The van der Waals surface area contributed by atoms with Gasteiger partial charge < -0.3 is 14.7 Å². The van der Waals surface area contributed by atoms with Gasteiger partial charge in [0, 0.05) is 12.5 Å². The monoisotopic (exact) mass is 255 g/mol. The molecule has 5 nitrogen and oxygen atoms in total. The minimum atomic E-state index is -0.772. The fraction of sp³-hybridized carbons (Fsp3) is 0.846. The summed E-state index contributed by atoms with van der Waals surface area (Å²) in [6.45, 7) is 5.72. The van der Waals surface area contributed by atoms with Gasteiger partial charge in [-0.05, 0) is 33.1 Å². The smallest absolute Gasteiger partial charge is 0.306 e. The van der Waals surface area contributed by atoms with Gasteiger partial charge in [0.15, 0.2) is 0 Å². The molecule has 2 unspecified atom stereocenters. The van der Waals surface area contributed by atoms with Gasteiger partial charge in [-0.25, -0.2) is 0 Å². The molecule has 2 aliphatic rings. The van der Waals surface area contributed by atoms with Crippen LogP contribution in [0, 0.1) is 11.8 Å². The van der Waals surface area contributed by atoms with Crippen LogP contribution in [0.2, 0.25) is 0 Å². The predicted molar refractivity (Wildman–Crippen MR) is 65.1 cm³/mol. The summed E-state index contributed by atoms with van der Waals surface area (Å²) in [6.07, 6.45) is 1.81. The van der Waals surface area contributed by atoms with E-state index < -0.39 is 5.97 Å². The number of nitrogens with zero attached hydrogens (tertiary/aromatic N) is 1. The van der Waals surface area contributed by atoms with Crippen molar-refractivity contribution in [1.29, 1.82) is 0 Å². The van der Waals surface area contributed by atoms with E-state index in [-0.39, 0.29) is 23.3 Å². The van der Waals surface area contributed by atoms with Crippen molar-refractivity contribution in [3.63, 3.8) is 0 Å². The Bertz CT molecular complexity index is 353. The van der Waals surface area contributed by atoms with Crippen LogP contribution in [0.3, 0.4) is 0 Å². The van der Waals surface area contributed by atoms with Crippen LogP contribution in [-0.4, -0.2) is 47.2 Å². The maximum atomic E-state index is 12.5. The molecular formula is C13H21NO4. The number of carbonyl (C=O) groups is 2. The molecule has 1 heterocycles. The molecule has 1 amide bonds. The maximum absolute atomic E-state index is 12.5. The Morgan fingerprint density at radius 3 is 2.50 bits per heavy atom. The fourth-order valence-corrected chi connectivity index (χ4v) is 2.92. The summed E-state index contributed by atoms with van der Waals surface area (Å²) >= 11 is 0. The third kappa shape index (κ3) is 2.51. The lowest BCUT2D eigenvalue weighted by Gasteiger charge is -2.43. The van der Waals surface area contributed by atoms with Crippen LogP contribution in [0.25, 0.3) is 0 Å². The first kappa shape index (κ1) is 13.3. The van der Waals surface area contributed by atoms with Crippen molar-refractivity contribution in [1.82, 2.24) is 4.90 Å². The second kappa shape index (κ2) is 4.88. The normalized spacial score (nSPS) is 31.3. The quantitative estimate of drug-likeness (QED) is 0.803. The molecule has 5 heteroatoms. The minimum Gasteiger partial charge on any atom is -0.481 e. The molecule has 1 saturated carbocycles. The van der Waals surface area contributed by atoms with E-state index in [1.54, 1.807) is 0 Å². The van der Waals surface area contributed by atoms with Gasteiger partial charge in [0.25, 0.3) is 0 Å². The SMILES string of the molecule is CC1(C)COCCN1C(=O)C1CCC(C(=O)O)C1. The third-order valence-corrected chi connectivity index (χ3v) is 4.04. The van der Waals surface area contributed by atoms with E-state index in [1.807, 2.05) is 18.7 Å². The standard InChI is InChI=1S/C13H21NO4/c1-13(2)8-18-6-5-14(13)11(15)9-3-4-10(7-9)12(16)17/h9-10H,3-8H2,1-2H3,(H,16,17). The van der Waals surface area contributed by atoms with Gasteiger partial charge in [-0.1, -0.05) is 0 Å². The van der Waals surface area contributed by atoms with Gasteiger partial charge in [-0.15, -0.1) is 0 Å². The second-order valence-electron chi connectivity index (χ2n) is 5.90. The van der Waals surface area contributed by atoms with E-state index in [0.29, 0.717) is 39.0 Å². The molecule has 2 rings (SSSR count). The molecule has 0 aromatic carbocycles. The predicted octanol–water partition coefficient (Wildman–Crippen LogP) is 1.12. The summed E-state index contributed by atoms with van der Waals surface area (Å²) in [5.74, 6) is -1.13. The van der Waals surface area contributed by atoms with Crippen LogP contribution >= 0.6 is 0 Å². The van der Waals surface area contributed by atoms with Crippen molar-refractivity contribution in [2.24, 2.45) is 11.8 Å². The van der Waals surface area contributed by atoms with Crippen LogP contribution in [0.5, 0.6) is 0 Å². The fourth-order valence-electron chi connectivity index (χ4n) is 2.92. The van der Waals surface area contributed by atoms with E-state index in [1.165, 1.54) is 0 Å². The highest BCUT2D eigenvalue weighted by Crippen LogP contribution is 2.34. The molecule has 0 radical (unpaired) electrons. The second-order valence-corrected chi connectivity index (χ2v) is 5.90. The van der Waals surface area contributed by atoms with E-state index in [0.717, 1.165) is 0 Å². The van der Waals surface area contributed by atoms with Gasteiger partial charge in [0.1, 0.15) is 0 Å². The number of amides is 1. The van der Waals surface area contributed by atoms with Gasteiger partial charge in [0.2, 0.25) is 5.91 Å². The van der Waals surface area contributed by atoms with Crippen LogP contribution in [0.15, 0.2) is 0 Å². The van der Waals surface area contributed by atoms with E-state index in [2.05, 4.69) is 0 Å². The molecule has 2 atom stereocenters. The minimum absolute atomic E-state index is 0.104.